The molecule has 5 N–H and O–H groups in total. The molecule has 3 aromatic rings. The summed E-state index contributed by atoms with van der Waals surface area (Å²) in [4.78, 5) is 33.4. The third-order valence-corrected chi connectivity index (χ3v) is 7.33. The van der Waals surface area contributed by atoms with Gasteiger partial charge in [0.25, 0.3) is 11.8 Å². The number of carbonyl (C=O) groups excluding carboxylic acids is 2. The fourth-order valence-electron chi connectivity index (χ4n) is 3.79. The maximum atomic E-state index is 13.6. The first-order chi connectivity index (χ1) is 17.6. The van der Waals surface area contributed by atoms with E-state index >= 15 is 0 Å². The van der Waals surface area contributed by atoms with Gasteiger partial charge < -0.3 is 26.3 Å². The van der Waals surface area contributed by atoms with Crippen LogP contribution in [0.3, 0.4) is 0 Å². The summed E-state index contributed by atoms with van der Waals surface area (Å²) in [5.41, 5.74) is 0.00317. The van der Waals surface area contributed by atoms with Gasteiger partial charge in [0.15, 0.2) is 17.3 Å². The molecule has 3 heterocycles. The van der Waals surface area contributed by atoms with Crippen LogP contribution in [-0.2, 0) is 16.6 Å². The summed E-state index contributed by atoms with van der Waals surface area (Å²) >= 11 is 0. The van der Waals surface area contributed by atoms with Crippen LogP contribution in [0.15, 0.2) is 36.5 Å². The molecule has 4 rings (SSSR count). The predicted molar refractivity (Wildman–Crippen MR) is 137 cm³/mol. The van der Waals surface area contributed by atoms with E-state index in [4.69, 9.17) is 5.11 Å². The van der Waals surface area contributed by atoms with Gasteiger partial charge in [-0.15, -0.1) is 0 Å². The molecule has 2 aromatic heterocycles. The molecular weight excluding hydrogens is 560 g/mol. The number of hydrogen-bond donors (Lipinski definition) is 4. The number of anilines is 1. The van der Waals surface area contributed by atoms with Crippen LogP contribution in [0.25, 0.3) is 10.9 Å². The molecular formula is C24H29FKN5O7S. The summed E-state index contributed by atoms with van der Waals surface area (Å²) in [5, 5.41) is 23.5. The molecule has 0 unspecified atom stereocenters. The van der Waals surface area contributed by atoms with Crippen molar-refractivity contribution in [3.05, 3.63) is 59.2 Å². The number of aliphatic hydroxyl groups is 1. The predicted octanol–water partition coefficient (Wildman–Crippen LogP) is -1.48. The Labute approximate surface area is 267 Å². The van der Waals surface area contributed by atoms with E-state index in [2.05, 4.69) is 20.6 Å². The van der Waals surface area contributed by atoms with Crippen molar-refractivity contribution in [3.8, 4) is 5.75 Å². The summed E-state index contributed by atoms with van der Waals surface area (Å²) in [5.74, 6) is -2.49. The first-order valence-corrected chi connectivity index (χ1v) is 13.1. The smallest absolute Gasteiger partial charge is 0.870 e. The van der Waals surface area contributed by atoms with Gasteiger partial charge in [0.2, 0.25) is 10.0 Å². The number of hydrogen-bond acceptors (Lipinski definition) is 9. The zero-order chi connectivity index (χ0) is 27.2. The summed E-state index contributed by atoms with van der Waals surface area (Å²) in [6.45, 7) is 1.96. The van der Waals surface area contributed by atoms with Crippen LogP contribution in [0.2, 0.25) is 0 Å². The van der Waals surface area contributed by atoms with Crippen LogP contribution in [0.1, 0.15) is 46.2 Å². The van der Waals surface area contributed by atoms with Gasteiger partial charge in [-0.05, 0) is 49.6 Å². The minimum absolute atomic E-state index is 0. The molecule has 1 aliphatic heterocycles. The first kappa shape index (κ1) is 34.8. The second kappa shape index (κ2) is 15.5. The number of benzene rings is 1. The maximum absolute atomic E-state index is 13.6. The van der Waals surface area contributed by atoms with Crippen molar-refractivity contribution in [2.75, 3.05) is 30.3 Å². The fourth-order valence-corrected chi connectivity index (χ4v) is 5.39. The number of aliphatic hydroxyl groups excluding tert-OH is 1. The second-order valence-electron chi connectivity index (χ2n) is 8.01. The van der Waals surface area contributed by atoms with Crippen LogP contribution in [0.4, 0.5) is 10.2 Å². The van der Waals surface area contributed by atoms with E-state index in [9.17, 15) is 27.5 Å². The normalized spacial score (nSPS) is 13.7. The minimum atomic E-state index is -3.65. The van der Waals surface area contributed by atoms with E-state index in [0.29, 0.717) is 23.8 Å². The number of aromatic hydroxyl groups is 1. The molecule has 0 atom stereocenters. The number of rotatable bonds is 5. The van der Waals surface area contributed by atoms with Crippen molar-refractivity contribution in [3.63, 3.8) is 0 Å². The number of nitrogens with one attached hydrogen (secondary N) is 2. The van der Waals surface area contributed by atoms with E-state index in [0.717, 1.165) is 16.4 Å². The summed E-state index contributed by atoms with van der Waals surface area (Å²) in [7, 11) is -2.25. The summed E-state index contributed by atoms with van der Waals surface area (Å²) < 4.78 is 40.1. The third kappa shape index (κ3) is 8.14. The zero-order valence-corrected chi connectivity index (χ0v) is 25.7. The fraction of sp³-hybridized carbons (Fsp3) is 0.333. The first-order valence-electron chi connectivity index (χ1n) is 11.5. The molecule has 1 fully saturated rings. The molecule has 1 aliphatic rings. The number of halogens is 1. The number of nitrogens with zero attached hydrogens (tertiary/aromatic N) is 3. The number of fused-ring (bicyclic) bond motifs is 1. The van der Waals surface area contributed by atoms with E-state index in [-0.39, 0.29) is 99.2 Å². The minimum Gasteiger partial charge on any atom is -0.870 e. The Morgan fingerprint density at radius 2 is 1.87 bits per heavy atom. The van der Waals surface area contributed by atoms with Gasteiger partial charge in [-0.25, -0.2) is 17.8 Å². The quantitative estimate of drug-likeness (QED) is 0.257. The molecule has 12 nitrogen and oxygen atoms in total. The van der Waals surface area contributed by atoms with Gasteiger partial charge in [0.05, 0.1) is 5.75 Å². The molecule has 206 valence electrons. The molecule has 0 bridgehead atoms. The van der Waals surface area contributed by atoms with Crippen LogP contribution < -0.4 is 66.3 Å². The van der Waals surface area contributed by atoms with Gasteiger partial charge in [-0.1, -0.05) is 6.07 Å². The molecule has 0 spiro atoms. The van der Waals surface area contributed by atoms with Crippen molar-refractivity contribution in [1.82, 2.24) is 20.6 Å². The molecule has 0 radical (unpaired) electrons. The largest absolute Gasteiger partial charge is 1.00 e. The average Bonchev–Trinajstić information content (AvgIpc) is 2.88. The van der Waals surface area contributed by atoms with Gasteiger partial charge in [-0.2, -0.15) is 0 Å². The Balaban J connectivity index is 0.00000145. The van der Waals surface area contributed by atoms with Crippen molar-refractivity contribution in [1.29, 1.82) is 0 Å². The topological polar surface area (TPSA) is 192 Å². The summed E-state index contributed by atoms with van der Waals surface area (Å²) in [6.07, 6.45) is 2.55. The Kier molecular flexibility index (Phi) is 13.8. The molecule has 0 saturated carbocycles. The Morgan fingerprint density at radius 1 is 1.18 bits per heavy atom. The standard InChI is InChI=1S/C22H22FN5O5S.C2H6O.K.H2O/c1-24-21(30)16-11-14(23)7-6-13(16)12-26-22(31)18-19(29)17-15(5-4-8-25-17)20(27-18)28-9-2-3-10-34(28,32)33;1-2-3;;/h4-8,11,29H,2-3,9-10,12H2,1H3,(H,24,30)(H,26,31);3H,2H2,1H3;;1H2/q;;+1;/p-1. The van der Waals surface area contributed by atoms with Crippen LogP contribution in [-0.4, -0.2) is 71.8 Å². The average molecular weight is 590 g/mol. The van der Waals surface area contributed by atoms with Crippen molar-refractivity contribution in [2.45, 2.75) is 26.3 Å². The third-order valence-electron chi connectivity index (χ3n) is 5.50. The molecule has 39 heavy (non-hydrogen) atoms. The van der Waals surface area contributed by atoms with Crippen molar-refractivity contribution < 1.29 is 89.5 Å². The monoisotopic (exact) mass is 589 g/mol. The molecule has 15 heteroatoms. The number of amides is 2. The molecule has 2 amide bonds. The van der Waals surface area contributed by atoms with E-state index < -0.39 is 39.1 Å². The number of carbonyl (C=O) groups is 2. The van der Waals surface area contributed by atoms with E-state index in [1.807, 2.05) is 0 Å². The van der Waals surface area contributed by atoms with Gasteiger partial charge in [0, 0.05) is 43.9 Å². The van der Waals surface area contributed by atoms with Crippen molar-refractivity contribution in [2.24, 2.45) is 0 Å². The number of pyridine rings is 2. The van der Waals surface area contributed by atoms with Crippen LogP contribution in [0, 0.1) is 5.82 Å². The van der Waals surface area contributed by atoms with Gasteiger partial charge >= 0.3 is 51.4 Å². The van der Waals surface area contributed by atoms with Gasteiger partial charge in [-0.3, -0.25) is 18.9 Å². The molecule has 0 aliphatic carbocycles. The number of sulfonamides is 1. The Hall–Kier alpha value is -2.24. The Bertz CT molecular complexity index is 1430. The maximum Gasteiger partial charge on any atom is 1.00 e. The SMILES string of the molecule is CCO.CNC(=O)c1cc(F)ccc1CNC(=O)c1nc(N2CCCCS2(=O)=O)c2cccnc2c1O.[K+].[OH-]. The van der Waals surface area contributed by atoms with Crippen LogP contribution in [0.5, 0.6) is 5.75 Å². The van der Waals surface area contributed by atoms with Gasteiger partial charge in [0.1, 0.15) is 11.3 Å². The molecule has 1 aromatic carbocycles. The van der Waals surface area contributed by atoms with Crippen molar-refractivity contribution >= 4 is 38.6 Å². The van der Waals surface area contributed by atoms with E-state index in [1.54, 1.807) is 19.1 Å². The Morgan fingerprint density at radius 3 is 2.51 bits per heavy atom. The zero-order valence-electron chi connectivity index (χ0n) is 21.8. The summed E-state index contributed by atoms with van der Waals surface area (Å²) in [6, 6.07) is 6.72. The number of aromatic nitrogens is 2. The van der Waals surface area contributed by atoms with E-state index in [1.165, 1.54) is 19.3 Å². The molecule has 1 saturated heterocycles. The van der Waals surface area contributed by atoms with Crippen LogP contribution >= 0.6 is 0 Å². The second-order valence-corrected chi connectivity index (χ2v) is 10.0.